The molecular weight excluding hydrogens is 308 g/mol. The number of carbonyl (C=O) groups excluding carboxylic acids is 2. The zero-order chi connectivity index (χ0) is 15.7. The lowest BCUT2D eigenvalue weighted by Crippen LogP contribution is -2.23. The molecule has 0 aliphatic heterocycles. The second-order valence-electron chi connectivity index (χ2n) is 3.73. The summed E-state index contributed by atoms with van der Waals surface area (Å²) in [5.74, 6) is 0. The number of hydrazone groups is 2. The van der Waals surface area contributed by atoms with E-state index < -0.39 is 0 Å². The van der Waals surface area contributed by atoms with Crippen molar-refractivity contribution in [3.8, 4) is 0 Å². The monoisotopic (exact) mass is 324 g/mol. The van der Waals surface area contributed by atoms with Gasteiger partial charge in [-0.25, -0.2) is 10.9 Å². The van der Waals surface area contributed by atoms with E-state index in [9.17, 15) is 9.59 Å². The predicted octanol–water partition coefficient (Wildman–Crippen LogP) is 2.91. The Morgan fingerprint density at radius 2 is 1.48 bits per heavy atom. The van der Waals surface area contributed by atoms with E-state index in [4.69, 9.17) is 0 Å². The van der Waals surface area contributed by atoms with Gasteiger partial charge in [0.25, 0.3) is 10.5 Å². The van der Waals surface area contributed by atoms with Crippen LogP contribution in [0.15, 0.2) is 40.5 Å². The second-order valence-corrected chi connectivity index (χ2v) is 5.29. The molecule has 0 saturated heterocycles. The van der Waals surface area contributed by atoms with Crippen LogP contribution in [-0.4, -0.2) is 34.4 Å². The summed E-state index contributed by atoms with van der Waals surface area (Å²) >= 11 is 2.05. The molecule has 0 unspecified atom stereocenters. The third kappa shape index (κ3) is 6.01. The number of hydrogen-bond donors (Lipinski definition) is 2. The minimum Gasteiger partial charge on any atom is -0.260 e. The Morgan fingerprint density at radius 3 is 2.00 bits per heavy atom. The molecule has 1 aromatic carbocycles. The van der Waals surface area contributed by atoms with Gasteiger partial charge >= 0.3 is 0 Å². The number of benzene rings is 1. The fraction of sp³-hybridized carbons (Fsp3) is 0.231. The van der Waals surface area contributed by atoms with Crippen LogP contribution in [0.25, 0.3) is 0 Å². The van der Waals surface area contributed by atoms with Gasteiger partial charge < -0.3 is 0 Å². The highest BCUT2D eigenvalue weighted by Gasteiger charge is 2.09. The fourth-order valence-corrected chi connectivity index (χ4v) is 1.60. The number of nitrogens with one attached hydrogen (secondary N) is 2. The molecule has 0 heterocycles. The molecule has 8 heteroatoms. The Morgan fingerprint density at radius 1 is 0.952 bits per heavy atom. The van der Waals surface area contributed by atoms with E-state index in [2.05, 4.69) is 21.1 Å². The topological polar surface area (TPSA) is 82.9 Å². The lowest BCUT2D eigenvalue weighted by Gasteiger charge is -2.07. The maximum Gasteiger partial charge on any atom is 0.298 e. The number of nitrogens with zero attached hydrogens (tertiary/aromatic N) is 2. The van der Waals surface area contributed by atoms with Crippen molar-refractivity contribution in [2.24, 2.45) is 10.2 Å². The summed E-state index contributed by atoms with van der Waals surface area (Å²) in [7, 11) is 0. The molecule has 6 nitrogen and oxygen atoms in total. The quantitative estimate of drug-likeness (QED) is 0.659. The van der Waals surface area contributed by atoms with Crippen LogP contribution in [0.2, 0.25) is 0 Å². The summed E-state index contributed by atoms with van der Waals surface area (Å²) < 4.78 is 0. The van der Waals surface area contributed by atoms with Crippen LogP contribution in [0.4, 0.5) is 9.59 Å². The van der Waals surface area contributed by atoms with Gasteiger partial charge in [0.15, 0.2) is 0 Å². The molecular formula is C13H16N4O2S2. The molecule has 0 radical (unpaired) electrons. The maximum absolute atomic E-state index is 11.3. The molecule has 2 N–H and O–H groups in total. The minimum atomic E-state index is -0.274. The molecule has 1 rings (SSSR count). The summed E-state index contributed by atoms with van der Waals surface area (Å²) in [4.78, 5) is 22.5. The first-order valence-corrected chi connectivity index (χ1v) is 8.39. The van der Waals surface area contributed by atoms with Crippen molar-refractivity contribution in [1.82, 2.24) is 10.9 Å². The van der Waals surface area contributed by atoms with Gasteiger partial charge in [-0.3, -0.25) is 9.59 Å². The molecule has 112 valence electrons. The summed E-state index contributed by atoms with van der Waals surface area (Å²) in [6.45, 7) is 1.71. The smallest absolute Gasteiger partial charge is 0.260 e. The van der Waals surface area contributed by atoms with Gasteiger partial charge in [-0.1, -0.05) is 53.9 Å². The first-order chi connectivity index (χ1) is 10.1. The van der Waals surface area contributed by atoms with Gasteiger partial charge in [0.1, 0.15) is 5.71 Å². The van der Waals surface area contributed by atoms with Crippen molar-refractivity contribution in [1.29, 1.82) is 0 Å². The number of carbonyl (C=O) groups is 2. The van der Waals surface area contributed by atoms with Gasteiger partial charge in [-0.05, 0) is 19.4 Å². The summed E-state index contributed by atoms with van der Waals surface area (Å²) in [6.07, 6.45) is 3.32. The highest BCUT2D eigenvalue weighted by atomic mass is 32.2. The molecule has 0 aromatic heterocycles. The SMILES string of the molecule is CSC(=O)NN=C(C)C(=NNC(=O)SC)c1ccccc1. The third-order valence-electron chi connectivity index (χ3n) is 2.33. The van der Waals surface area contributed by atoms with Crippen LogP contribution in [0.1, 0.15) is 12.5 Å². The van der Waals surface area contributed by atoms with Gasteiger partial charge in [-0.15, -0.1) is 0 Å². The largest absolute Gasteiger partial charge is 0.298 e. The molecule has 21 heavy (non-hydrogen) atoms. The lowest BCUT2D eigenvalue weighted by atomic mass is 10.1. The molecule has 0 aliphatic carbocycles. The normalized spacial score (nSPS) is 12.0. The van der Waals surface area contributed by atoms with Crippen LogP contribution in [-0.2, 0) is 0 Å². The van der Waals surface area contributed by atoms with E-state index in [-0.39, 0.29) is 10.5 Å². The van der Waals surface area contributed by atoms with Crippen molar-refractivity contribution in [3.05, 3.63) is 35.9 Å². The van der Waals surface area contributed by atoms with Crippen molar-refractivity contribution in [3.63, 3.8) is 0 Å². The maximum atomic E-state index is 11.3. The van der Waals surface area contributed by atoms with Gasteiger partial charge in [0.2, 0.25) is 0 Å². The number of hydrogen-bond acceptors (Lipinski definition) is 6. The Kier molecular flexibility index (Phi) is 7.55. The summed E-state index contributed by atoms with van der Waals surface area (Å²) in [5.41, 5.74) is 6.59. The Balaban J connectivity index is 3.02. The van der Waals surface area contributed by atoms with Crippen LogP contribution in [0.5, 0.6) is 0 Å². The molecule has 1 aromatic rings. The van der Waals surface area contributed by atoms with E-state index in [1.165, 1.54) is 0 Å². The average molecular weight is 324 g/mol. The zero-order valence-corrected chi connectivity index (χ0v) is 13.5. The second kappa shape index (κ2) is 9.19. The van der Waals surface area contributed by atoms with Gasteiger partial charge in [0, 0.05) is 5.56 Å². The van der Waals surface area contributed by atoms with E-state index >= 15 is 0 Å². The van der Waals surface area contributed by atoms with Crippen LogP contribution >= 0.6 is 23.5 Å². The molecule has 0 saturated carbocycles. The molecule has 2 amide bonds. The summed E-state index contributed by atoms with van der Waals surface area (Å²) in [6, 6.07) is 9.28. The first-order valence-electron chi connectivity index (χ1n) is 5.94. The number of amides is 2. The van der Waals surface area contributed by atoms with Crippen molar-refractivity contribution >= 4 is 45.4 Å². The van der Waals surface area contributed by atoms with Crippen molar-refractivity contribution < 1.29 is 9.59 Å². The van der Waals surface area contributed by atoms with Gasteiger partial charge in [0.05, 0.1) is 5.71 Å². The van der Waals surface area contributed by atoms with Crippen LogP contribution in [0.3, 0.4) is 0 Å². The average Bonchev–Trinajstić information content (AvgIpc) is 2.53. The molecule has 0 bridgehead atoms. The van der Waals surface area contributed by atoms with E-state index in [1.807, 2.05) is 30.3 Å². The highest BCUT2D eigenvalue weighted by molar-refractivity contribution is 8.13. The van der Waals surface area contributed by atoms with E-state index in [0.717, 1.165) is 29.1 Å². The lowest BCUT2D eigenvalue weighted by molar-refractivity contribution is 0.260. The standard InChI is InChI=1S/C13H16N4O2S2/c1-9(14-16-12(18)20-2)11(15-17-13(19)21-3)10-7-5-4-6-8-10/h4-8H,1-3H3,(H,16,18)(H,17,19). The minimum absolute atomic E-state index is 0.269. The summed E-state index contributed by atoms with van der Waals surface area (Å²) in [5, 5.41) is 7.52. The molecule has 0 spiro atoms. The Bertz CT molecular complexity index is 559. The molecule has 0 atom stereocenters. The van der Waals surface area contributed by atoms with E-state index in [1.54, 1.807) is 19.4 Å². The van der Waals surface area contributed by atoms with Crippen LogP contribution < -0.4 is 10.9 Å². The Labute approximate surface area is 131 Å². The Hall–Kier alpha value is -1.80. The van der Waals surface area contributed by atoms with Crippen LogP contribution in [0, 0.1) is 0 Å². The first kappa shape index (κ1) is 17.3. The zero-order valence-electron chi connectivity index (χ0n) is 11.9. The van der Waals surface area contributed by atoms with Gasteiger partial charge in [-0.2, -0.15) is 10.2 Å². The van der Waals surface area contributed by atoms with Crippen molar-refractivity contribution in [2.45, 2.75) is 6.92 Å². The number of thioether (sulfide) groups is 2. The molecule has 0 aliphatic rings. The predicted molar refractivity (Wildman–Crippen MR) is 90.2 cm³/mol. The highest BCUT2D eigenvalue weighted by Crippen LogP contribution is 2.04. The number of rotatable bonds is 4. The van der Waals surface area contributed by atoms with Crippen molar-refractivity contribution in [2.75, 3.05) is 12.5 Å². The third-order valence-corrected chi connectivity index (χ3v) is 3.26. The molecule has 0 fully saturated rings. The fourth-order valence-electron chi connectivity index (χ4n) is 1.33. The van der Waals surface area contributed by atoms with E-state index in [0.29, 0.717) is 11.4 Å².